The summed E-state index contributed by atoms with van der Waals surface area (Å²) in [6.45, 7) is 4.00. The number of imidazole rings is 1. The number of benzene rings is 2. The Morgan fingerprint density at radius 3 is 2.50 bits per heavy atom. The molecule has 5 aromatic rings. The first kappa shape index (κ1) is 20.6. The summed E-state index contributed by atoms with van der Waals surface area (Å²) in [7, 11) is 3.86. The highest BCUT2D eigenvalue weighted by molar-refractivity contribution is 6.00. The summed E-state index contributed by atoms with van der Waals surface area (Å²) in [4.78, 5) is 14.0. The lowest BCUT2D eigenvalue weighted by Crippen LogP contribution is -2.44. The number of pyridine rings is 1. The van der Waals surface area contributed by atoms with E-state index in [4.69, 9.17) is 14.8 Å². The summed E-state index contributed by atoms with van der Waals surface area (Å²) in [5.41, 5.74) is 4.80. The minimum atomic E-state index is 0.824. The van der Waals surface area contributed by atoms with Crippen LogP contribution in [0.5, 0.6) is 5.75 Å². The van der Waals surface area contributed by atoms with Crippen LogP contribution in [0.2, 0.25) is 0 Å². The fourth-order valence-corrected chi connectivity index (χ4v) is 4.68. The minimum Gasteiger partial charge on any atom is -0.497 e. The molecule has 0 aliphatic carbocycles. The number of aromatic nitrogens is 4. The highest BCUT2D eigenvalue weighted by Crippen LogP contribution is 2.37. The van der Waals surface area contributed by atoms with Gasteiger partial charge in [0.1, 0.15) is 17.3 Å². The molecule has 7 nitrogen and oxygen atoms in total. The maximum Gasteiger partial charge on any atom is 0.155 e. The van der Waals surface area contributed by atoms with E-state index in [1.165, 1.54) is 0 Å². The zero-order valence-corrected chi connectivity index (χ0v) is 19.3. The zero-order chi connectivity index (χ0) is 23.1. The molecule has 0 unspecified atom stereocenters. The van der Waals surface area contributed by atoms with Crippen molar-refractivity contribution in [2.24, 2.45) is 0 Å². The Morgan fingerprint density at radius 2 is 1.71 bits per heavy atom. The summed E-state index contributed by atoms with van der Waals surface area (Å²) >= 11 is 0. The van der Waals surface area contributed by atoms with Gasteiger partial charge >= 0.3 is 0 Å². The number of ether oxygens (including phenoxy) is 1. The van der Waals surface area contributed by atoms with E-state index in [0.29, 0.717) is 0 Å². The van der Waals surface area contributed by atoms with Crippen molar-refractivity contribution >= 4 is 22.2 Å². The smallest absolute Gasteiger partial charge is 0.155 e. The van der Waals surface area contributed by atoms with Crippen molar-refractivity contribution in [3.63, 3.8) is 0 Å². The number of rotatable bonds is 4. The first-order chi connectivity index (χ1) is 16.7. The minimum absolute atomic E-state index is 0.824. The van der Waals surface area contributed by atoms with Gasteiger partial charge < -0.3 is 14.5 Å². The summed E-state index contributed by atoms with van der Waals surface area (Å²) in [6, 6.07) is 20.7. The molecule has 34 heavy (non-hydrogen) atoms. The van der Waals surface area contributed by atoms with Crippen molar-refractivity contribution in [3.8, 4) is 28.3 Å². The molecule has 4 heterocycles. The Labute approximate surface area is 198 Å². The molecule has 0 spiro atoms. The van der Waals surface area contributed by atoms with Crippen molar-refractivity contribution in [2.75, 3.05) is 45.2 Å². The summed E-state index contributed by atoms with van der Waals surface area (Å²) < 4.78 is 7.43. The molecule has 1 saturated heterocycles. The van der Waals surface area contributed by atoms with Gasteiger partial charge in [-0.05, 0) is 54.2 Å². The lowest BCUT2D eigenvalue weighted by molar-refractivity contribution is 0.311. The second kappa shape index (κ2) is 8.43. The van der Waals surface area contributed by atoms with Crippen LogP contribution in [0.15, 0.2) is 73.1 Å². The molecule has 0 amide bonds. The van der Waals surface area contributed by atoms with E-state index in [1.807, 2.05) is 35.1 Å². The van der Waals surface area contributed by atoms with Crippen LogP contribution in [0.3, 0.4) is 0 Å². The Balaban J connectivity index is 1.57. The van der Waals surface area contributed by atoms with Crippen LogP contribution in [0.4, 0.5) is 5.82 Å². The van der Waals surface area contributed by atoms with Crippen LogP contribution in [0.25, 0.3) is 38.9 Å². The number of likely N-dealkylation sites (N-methyl/N-ethyl adjacent to an activating group) is 1. The maximum atomic E-state index is 5.44. The van der Waals surface area contributed by atoms with Crippen LogP contribution in [-0.2, 0) is 0 Å². The number of hydrogen-bond donors (Lipinski definition) is 0. The standard InChI is InChI=1S/C27H26N6O/c1-31-14-16-32(17-15-31)25-9-8-24-29-26(27(33(24)30-25)19-10-12-28-13-11-19)23-5-3-4-20-18-21(34-2)6-7-22(20)23/h3-13,18H,14-17H2,1-2H3. The van der Waals surface area contributed by atoms with Gasteiger partial charge in [0, 0.05) is 49.7 Å². The predicted molar refractivity (Wildman–Crippen MR) is 135 cm³/mol. The monoisotopic (exact) mass is 450 g/mol. The molecular weight excluding hydrogens is 424 g/mol. The normalized spacial score (nSPS) is 14.7. The molecular formula is C27H26N6O. The molecule has 170 valence electrons. The Hall–Kier alpha value is -3.97. The van der Waals surface area contributed by atoms with E-state index in [1.54, 1.807) is 7.11 Å². The Bertz CT molecular complexity index is 1470. The van der Waals surface area contributed by atoms with Crippen LogP contribution in [-0.4, -0.2) is 64.8 Å². The summed E-state index contributed by atoms with van der Waals surface area (Å²) in [5, 5.41) is 7.31. The SMILES string of the molecule is COc1ccc2c(-c3nc4ccc(N5CCN(C)CC5)nn4c3-c3ccncc3)cccc2c1. The molecule has 6 rings (SSSR count). The average molecular weight is 451 g/mol. The van der Waals surface area contributed by atoms with Gasteiger partial charge in [0.2, 0.25) is 0 Å². The number of anilines is 1. The molecule has 0 saturated carbocycles. The molecule has 1 aliphatic rings. The van der Waals surface area contributed by atoms with Crippen LogP contribution < -0.4 is 9.64 Å². The van der Waals surface area contributed by atoms with Gasteiger partial charge in [-0.1, -0.05) is 24.3 Å². The predicted octanol–water partition coefficient (Wildman–Crippen LogP) is 4.37. The third-order valence-electron chi connectivity index (χ3n) is 6.59. The Morgan fingerprint density at radius 1 is 0.882 bits per heavy atom. The van der Waals surface area contributed by atoms with E-state index in [9.17, 15) is 0 Å². The summed E-state index contributed by atoms with van der Waals surface area (Å²) in [5.74, 6) is 1.81. The lowest BCUT2D eigenvalue weighted by atomic mass is 9.99. The van der Waals surface area contributed by atoms with Crippen LogP contribution in [0.1, 0.15) is 0 Å². The molecule has 0 bridgehead atoms. The number of piperazine rings is 1. The van der Waals surface area contributed by atoms with Crippen molar-refractivity contribution in [2.45, 2.75) is 0 Å². The highest BCUT2D eigenvalue weighted by atomic mass is 16.5. The van der Waals surface area contributed by atoms with Crippen molar-refractivity contribution in [3.05, 3.63) is 73.1 Å². The summed E-state index contributed by atoms with van der Waals surface area (Å²) in [6.07, 6.45) is 3.63. The molecule has 7 heteroatoms. The van der Waals surface area contributed by atoms with Gasteiger partial charge in [-0.3, -0.25) is 4.98 Å². The second-order valence-electron chi connectivity index (χ2n) is 8.69. The molecule has 3 aromatic heterocycles. The highest BCUT2D eigenvalue weighted by Gasteiger charge is 2.21. The van der Waals surface area contributed by atoms with Gasteiger partial charge in [-0.2, -0.15) is 0 Å². The lowest BCUT2D eigenvalue weighted by Gasteiger charge is -2.33. The fourth-order valence-electron chi connectivity index (χ4n) is 4.68. The number of methoxy groups -OCH3 is 1. The maximum absolute atomic E-state index is 5.44. The van der Waals surface area contributed by atoms with Crippen molar-refractivity contribution in [1.29, 1.82) is 0 Å². The molecule has 1 aliphatic heterocycles. The van der Waals surface area contributed by atoms with E-state index < -0.39 is 0 Å². The molecule has 0 N–H and O–H groups in total. The van der Waals surface area contributed by atoms with Gasteiger partial charge in [0.25, 0.3) is 0 Å². The fraction of sp³-hybridized carbons (Fsp3) is 0.222. The van der Waals surface area contributed by atoms with Crippen LogP contribution in [0, 0.1) is 0 Å². The topological polar surface area (TPSA) is 58.8 Å². The van der Waals surface area contributed by atoms with E-state index in [0.717, 1.165) is 76.7 Å². The molecule has 1 fully saturated rings. The molecule has 0 atom stereocenters. The third kappa shape index (κ3) is 3.54. The van der Waals surface area contributed by atoms with Gasteiger partial charge in [0.05, 0.1) is 12.8 Å². The second-order valence-corrected chi connectivity index (χ2v) is 8.69. The van der Waals surface area contributed by atoms with E-state index in [-0.39, 0.29) is 0 Å². The van der Waals surface area contributed by atoms with Gasteiger partial charge in [-0.25, -0.2) is 9.50 Å². The van der Waals surface area contributed by atoms with Gasteiger partial charge in [-0.15, -0.1) is 5.10 Å². The number of fused-ring (bicyclic) bond motifs is 2. The third-order valence-corrected chi connectivity index (χ3v) is 6.59. The molecule has 0 radical (unpaired) electrons. The number of nitrogens with zero attached hydrogens (tertiary/aromatic N) is 6. The van der Waals surface area contributed by atoms with Crippen molar-refractivity contribution < 1.29 is 4.74 Å². The molecule has 2 aromatic carbocycles. The largest absolute Gasteiger partial charge is 0.497 e. The number of hydrogen-bond acceptors (Lipinski definition) is 6. The first-order valence-corrected chi connectivity index (χ1v) is 11.5. The first-order valence-electron chi connectivity index (χ1n) is 11.5. The quantitative estimate of drug-likeness (QED) is 0.405. The van der Waals surface area contributed by atoms with Crippen LogP contribution >= 0.6 is 0 Å². The van der Waals surface area contributed by atoms with Gasteiger partial charge in [0.15, 0.2) is 5.65 Å². The van der Waals surface area contributed by atoms with E-state index >= 15 is 0 Å². The van der Waals surface area contributed by atoms with Crippen molar-refractivity contribution in [1.82, 2.24) is 24.5 Å². The zero-order valence-electron chi connectivity index (χ0n) is 19.3. The van der Waals surface area contributed by atoms with E-state index in [2.05, 4.69) is 64.3 Å². The Kier molecular flexibility index (Phi) is 5.11. The average Bonchev–Trinajstić information content (AvgIpc) is 3.27.